The molecule has 0 aliphatic heterocycles. The zero-order valence-electron chi connectivity index (χ0n) is 13.5. The fourth-order valence-electron chi connectivity index (χ4n) is 2.61. The van der Waals surface area contributed by atoms with E-state index in [1.807, 2.05) is 20.0 Å². The van der Waals surface area contributed by atoms with Crippen molar-refractivity contribution in [2.24, 2.45) is 7.05 Å². The molecule has 0 saturated carbocycles. The van der Waals surface area contributed by atoms with Crippen molar-refractivity contribution in [3.63, 3.8) is 0 Å². The zero-order chi connectivity index (χ0) is 17.1. The molecule has 3 aromatic rings. The number of hydrogen-bond acceptors (Lipinski definition) is 4. The summed E-state index contributed by atoms with van der Waals surface area (Å²) in [7, 11) is 1.84. The lowest BCUT2D eigenvalue weighted by Gasteiger charge is -2.16. The van der Waals surface area contributed by atoms with Gasteiger partial charge >= 0.3 is 0 Å². The predicted molar refractivity (Wildman–Crippen MR) is 89.4 cm³/mol. The van der Waals surface area contributed by atoms with Crippen molar-refractivity contribution >= 4 is 5.91 Å². The van der Waals surface area contributed by atoms with Crippen LogP contribution in [0.15, 0.2) is 42.6 Å². The summed E-state index contributed by atoms with van der Waals surface area (Å²) < 4.78 is 1.74. The van der Waals surface area contributed by atoms with Gasteiger partial charge in [0.2, 0.25) is 0 Å². The minimum Gasteiger partial charge on any atom is -0.507 e. The highest BCUT2D eigenvalue weighted by Crippen LogP contribution is 2.27. The number of aromatic hydroxyl groups is 1. The summed E-state index contributed by atoms with van der Waals surface area (Å²) in [4.78, 5) is 12.5. The molecule has 0 spiro atoms. The summed E-state index contributed by atoms with van der Waals surface area (Å²) in [5.74, 6) is -0.130. The molecule has 1 aromatic carbocycles. The standard InChI is InChI=1S/C17H19N5O2/c1-3-12(15-8-9-18-22(15)2)19-17(24)14-10-13(20-21-14)11-6-4-5-7-16(11)23/h4-10,12,23H,3H2,1-2H3,(H,19,24)(H,20,21)/t12-/m0/s1. The fraction of sp³-hybridized carbons (Fsp3) is 0.235. The Hall–Kier alpha value is -3.09. The maximum atomic E-state index is 12.5. The van der Waals surface area contributed by atoms with Crippen molar-refractivity contribution in [2.45, 2.75) is 19.4 Å². The highest BCUT2D eigenvalue weighted by molar-refractivity contribution is 5.93. The van der Waals surface area contributed by atoms with Gasteiger partial charge in [0.15, 0.2) is 0 Å². The first-order valence-electron chi connectivity index (χ1n) is 7.72. The summed E-state index contributed by atoms with van der Waals surface area (Å²) in [6.07, 6.45) is 2.45. The van der Waals surface area contributed by atoms with Gasteiger partial charge in [0.25, 0.3) is 5.91 Å². The van der Waals surface area contributed by atoms with Crippen molar-refractivity contribution in [1.82, 2.24) is 25.3 Å². The number of carbonyl (C=O) groups is 1. The molecule has 2 heterocycles. The normalized spacial score (nSPS) is 12.1. The molecule has 0 saturated heterocycles. The third-order valence-corrected chi connectivity index (χ3v) is 3.93. The van der Waals surface area contributed by atoms with Gasteiger partial charge < -0.3 is 10.4 Å². The Bertz CT molecular complexity index is 852. The van der Waals surface area contributed by atoms with E-state index in [0.29, 0.717) is 17.0 Å². The molecule has 3 N–H and O–H groups in total. The smallest absolute Gasteiger partial charge is 0.269 e. The SMILES string of the molecule is CC[C@H](NC(=O)c1cc(-c2ccccc2O)n[nH]1)c1ccnn1C. The molecule has 124 valence electrons. The number of nitrogens with zero attached hydrogens (tertiary/aromatic N) is 3. The largest absolute Gasteiger partial charge is 0.507 e. The quantitative estimate of drug-likeness (QED) is 0.671. The Morgan fingerprint density at radius 3 is 2.83 bits per heavy atom. The van der Waals surface area contributed by atoms with Crippen LogP contribution < -0.4 is 5.32 Å². The van der Waals surface area contributed by atoms with Crippen LogP contribution >= 0.6 is 0 Å². The molecule has 0 unspecified atom stereocenters. The van der Waals surface area contributed by atoms with Gasteiger partial charge in [0.05, 0.1) is 17.4 Å². The van der Waals surface area contributed by atoms with E-state index >= 15 is 0 Å². The summed E-state index contributed by atoms with van der Waals surface area (Å²) >= 11 is 0. The second-order valence-corrected chi connectivity index (χ2v) is 5.50. The van der Waals surface area contributed by atoms with Crippen molar-refractivity contribution in [3.8, 4) is 17.0 Å². The van der Waals surface area contributed by atoms with E-state index in [2.05, 4.69) is 20.6 Å². The van der Waals surface area contributed by atoms with E-state index in [4.69, 9.17) is 0 Å². The van der Waals surface area contributed by atoms with Gasteiger partial charge in [0.1, 0.15) is 11.4 Å². The topological polar surface area (TPSA) is 95.8 Å². The zero-order valence-corrected chi connectivity index (χ0v) is 13.5. The van der Waals surface area contributed by atoms with Crippen molar-refractivity contribution in [2.75, 3.05) is 0 Å². The number of benzene rings is 1. The van der Waals surface area contributed by atoms with Crippen LogP contribution in [0, 0.1) is 0 Å². The Morgan fingerprint density at radius 1 is 1.38 bits per heavy atom. The number of aromatic nitrogens is 4. The number of H-pyrrole nitrogens is 1. The molecular formula is C17H19N5O2. The molecule has 2 aromatic heterocycles. The van der Waals surface area contributed by atoms with Crippen LogP contribution in [0.4, 0.5) is 0 Å². The van der Waals surface area contributed by atoms with Gasteiger partial charge in [-0.3, -0.25) is 14.6 Å². The number of hydrogen-bond donors (Lipinski definition) is 3. The Morgan fingerprint density at radius 2 is 2.17 bits per heavy atom. The maximum absolute atomic E-state index is 12.5. The van der Waals surface area contributed by atoms with E-state index in [-0.39, 0.29) is 17.7 Å². The number of carbonyl (C=O) groups excluding carboxylic acids is 1. The van der Waals surface area contributed by atoms with E-state index in [0.717, 1.165) is 12.1 Å². The molecule has 7 nitrogen and oxygen atoms in total. The molecule has 0 fully saturated rings. The lowest BCUT2D eigenvalue weighted by atomic mass is 10.1. The van der Waals surface area contributed by atoms with Crippen LogP contribution in [0.1, 0.15) is 35.6 Å². The van der Waals surface area contributed by atoms with Gasteiger partial charge in [-0.1, -0.05) is 19.1 Å². The summed E-state index contributed by atoms with van der Waals surface area (Å²) in [6.45, 7) is 2.00. The molecule has 0 bridgehead atoms. The summed E-state index contributed by atoms with van der Waals surface area (Å²) in [5.41, 5.74) is 2.37. The lowest BCUT2D eigenvalue weighted by molar-refractivity contribution is 0.0929. The van der Waals surface area contributed by atoms with Gasteiger partial charge in [0, 0.05) is 18.8 Å². The van der Waals surface area contributed by atoms with Crippen LogP contribution in [0.3, 0.4) is 0 Å². The van der Waals surface area contributed by atoms with E-state index in [1.54, 1.807) is 41.2 Å². The van der Waals surface area contributed by atoms with Crippen LogP contribution in [0.25, 0.3) is 11.3 Å². The molecule has 24 heavy (non-hydrogen) atoms. The number of amides is 1. The van der Waals surface area contributed by atoms with Crippen molar-refractivity contribution in [3.05, 3.63) is 54.0 Å². The minimum absolute atomic E-state index is 0.122. The van der Waals surface area contributed by atoms with Crippen LogP contribution in [-0.2, 0) is 7.05 Å². The Labute approximate surface area is 139 Å². The first-order valence-corrected chi connectivity index (χ1v) is 7.72. The van der Waals surface area contributed by atoms with Gasteiger partial charge in [-0.05, 0) is 30.7 Å². The van der Waals surface area contributed by atoms with Crippen molar-refractivity contribution < 1.29 is 9.90 Å². The number of para-hydroxylation sites is 1. The number of aryl methyl sites for hydroxylation is 1. The maximum Gasteiger partial charge on any atom is 0.269 e. The second-order valence-electron chi connectivity index (χ2n) is 5.50. The van der Waals surface area contributed by atoms with E-state index in [1.165, 1.54) is 0 Å². The first-order chi connectivity index (χ1) is 11.6. The Kier molecular flexibility index (Phi) is 4.33. The lowest BCUT2D eigenvalue weighted by Crippen LogP contribution is -2.29. The predicted octanol–water partition coefficient (Wildman–Crippen LogP) is 2.40. The molecule has 0 aliphatic carbocycles. The van der Waals surface area contributed by atoms with Crippen LogP contribution in [0.2, 0.25) is 0 Å². The molecular weight excluding hydrogens is 306 g/mol. The first kappa shape index (κ1) is 15.8. The number of phenols is 1. The average molecular weight is 325 g/mol. The number of aromatic amines is 1. The molecule has 7 heteroatoms. The fourth-order valence-corrected chi connectivity index (χ4v) is 2.61. The highest BCUT2D eigenvalue weighted by Gasteiger charge is 2.19. The van der Waals surface area contributed by atoms with E-state index < -0.39 is 0 Å². The molecule has 1 atom stereocenters. The monoisotopic (exact) mass is 325 g/mol. The average Bonchev–Trinajstić information content (AvgIpc) is 3.22. The molecule has 0 aliphatic rings. The van der Waals surface area contributed by atoms with Crippen LogP contribution in [-0.4, -0.2) is 31.0 Å². The van der Waals surface area contributed by atoms with Gasteiger partial charge in [-0.2, -0.15) is 10.2 Å². The number of rotatable bonds is 5. The molecule has 0 radical (unpaired) electrons. The van der Waals surface area contributed by atoms with Gasteiger partial charge in [-0.25, -0.2) is 0 Å². The van der Waals surface area contributed by atoms with E-state index in [9.17, 15) is 9.90 Å². The molecule has 3 rings (SSSR count). The number of phenolic OH excluding ortho intramolecular Hbond substituents is 1. The molecule has 1 amide bonds. The second kappa shape index (κ2) is 6.57. The van der Waals surface area contributed by atoms with Gasteiger partial charge in [-0.15, -0.1) is 0 Å². The summed E-state index contributed by atoms with van der Waals surface area (Å²) in [6, 6.07) is 10.2. The van der Waals surface area contributed by atoms with Crippen molar-refractivity contribution in [1.29, 1.82) is 0 Å². The third-order valence-electron chi connectivity index (χ3n) is 3.93. The minimum atomic E-state index is -0.253. The third kappa shape index (κ3) is 3.01. The number of nitrogens with one attached hydrogen (secondary N) is 2. The Balaban J connectivity index is 1.79. The summed E-state index contributed by atoms with van der Waals surface area (Å²) in [5, 5.41) is 23.8. The van der Waals surface area contributed by atoms with Crippen LogP contribution in [0.5, 0.6) is 5.75 Å². The highest BCUT2D eigenvalue weighted by atomic mass is 16.3.